The van der Waals surface area contributed by atoms with E-state index in [1.165, 1.54) is 71.4 Å². The first-order valence-corrected chi connectivity index (χ1v) is 24.8. The fraction of sp³-hybridized carbons (Fsp3) is 0.400. The van der Waals surface area contributed by atoms with Crippen LogP contribution in [0.1, 0.15) is 47.9 Å². The van der Waals surface area contributed by atoms with E-state index >= 15 is 0 Å². The van der Waals surface area contributed by atoms with E-state index in [1.807, 2.05) is 6.26 Å². The number of benzene rings is 2. The van der Waals surface area contributed by atoms with E-state index in [9.17, 15) is 54.6 Å². The molecule has 0 unspecified atom stereocenters. The lowest BCUT2D eigenvalue weighted by atomic mass is 9.84. The van der Waals surface area contributed by atoms with Crippen LogP contribution in [-0.2, 0) is 33.4 Å². The highest BCUT2D eigenvalue weighted by Gasteiger charge is 2.40. The summed E-state index contributed by atoms with van der Waals surface area (Å²) in [6, 6.07) is 8.28. The molecule has 2 aliphatic rings. The molecular weight excluding hydrogens is 991 g/mol. The number of nitrogens with one attached hydrogen (secondary N) is 2. The Kier molecular flexibility index (Phi) is 14.3. The number of likely N-dealkylation sites (tertiary alicyclic amines) is 2. The average Bonchev–Trinajstić information content (AvgIpc) is 3.91. The van der Waals surface area contributed by atoms with Crippen molar-refractivity contribution >= 4 is 87.3 Å². The summed E-state index contributed by atoms with van der Waals surface area (Å²) in [6.45, 7) is 0.516. The zero-order valence-electron chi connectivity index (χ0n) is 36.1. The first kappa shape index (κ1) is 50.2. The molecule has 2 aliphatic heterocycles. The van der Waals surface area contributed by atoms with Gasteiger partial charge in [0.05, 0.1) is 36.5 Å². The van der Waals surface area contributed by atoms with E-state index < -0.39 is 61.7 Å². The Labute approximate surface area is 395 Å². The predicted octanol–water partition coefficient (Wildman–Crippen LogP) is 7.38. The third kappa shape index (κ3) is 11.1. The Morgan fingerprint density at radius 3 is 1.49 bits per heavy atom. The van der Waals surface area contributed by atoms with Gasteiger partial charge in [-0.3, -0.25) is 10.6 Å². The number of thioether (sulfide) groups is 1. The maximum Gasteiger partial charge on any atom is 0.416 e. The molecule has 28 heteroatoms. The summed E-state index contributed by atoms with van der Waals surface area (Å²) in [6.07, 6.45) is -5.93. The lowest BCUT2D eigenvalue weighted by Gasteiger charge is -2.38. The van der Waals surface area contributed by atoms with Crippen molar-refractivity contribution in [2.75, 3.05) is 63.5 Å². The van der Waals surface area contributed by atoms with Crippen molar-refractivity contribution in [1.82, 2.24) is 39.7 Å². The first-order valence-electron chi connectivity index (χ1n) is 20.0. The number of nitrogens with zero attached hydrogens (tertiary/aromatic N) is 8. The van der Waals surface area contributed by atoms with Crippen LogP contribution in [0.4, 0.5) is 46.2 Å². The SMILES string of the molecule is COc1nc(S(C)(=O)=O)nc2sc(NC(=O)N3CCC(O)(c4cccc(C(F)(F)F)c4)CC3)nc12.COc1nc(SC)nc2sc(NC(=O)N3CCC(O)(c4cccc(C(F)(F)F)c4)CC3)nc12. The molecule has 2 saturated heterocycles. The van der Waals surface area contributed by atoms with Crippen LogP contribution in [0.25, 0.3) is 20.7 Å². The van der Waals surface area contributed by atoms with E-state index in [0.29, 0.717) is 26.5 Å². The van der Waals surface area contributed by atoms with Crippen molar-refractivity contribution in [2.24, 2.45) is 0 Å². The topological polar surface area (TPSA) is 235 Å². The zero-order chi connectivity index (χ0) is 49.4. The number of carbonyl (C=O) groups excluding carboxylic acids is 2. The van der Waals surface area contributed by atoms with E-state index in [1.54, 1.807) is 0 Å². The molecule has 0 saturated carbocycles. The summed E-state index contributed by atoms with van der Waals surface area (Å²) >= 11 is 3.46. The summed E-state index contributed by atoms with van der Waals surface area (Å²) in [5.74, 6) is 0.251. The Morgan fingerprint density at radius 2 is 1.10 bits per heavy atom. The Bertz CT molecular complexity index is 2960. The molecule has 0 atom stereocenters. The second-order valence-corrected chi connectivity index (χ2v) is 20.0. The molecule has 364 valence electrons. The molecule has 0 aliphatic carbocycles. The number of anilines is 2. The van der Waals surface area contributed by atoms with Crippen LogP contribution in [0.2, 0.25) is 0 Å². The monoisotopic (exact) mass is 1030 g/mol. The highest BCUT2D eigenvalue weighted by atomic mass is 32.2. The van der Waals surface area contributed by atoms with Gasteiger partial charge in [-0.25, -0.2) is 37.9 Å². The van der Waals surface area contributed by atoms with Crippen LogP contribution >= 0.6 is 34.4 Å². The Hall–Kier alpha value is -5.68. The summed E-state index contributed by atoms with van der Waals surface area (Å²) in [7, 11) is -0.936. The lowest BCUT2D eigenvalue weighted by Crippen LogP contribution is -2.46. The van der Waals surface area contributed by atoms with Crippen LogP contribution in [0.5, 0.6) is 11.8 Å². The number of thiazole rings is 2. The Balaban J connectivity index is 0.000000202. The number of aromatic nitrogens is 6. The van der Waals surface area contributed by atoms with Gasteiger partial charge < -0.3 is 29.5 Å². The van der Waals surface area contributed by atoms with Crippen molar-refractivity contribution in [3.8, 4) is 11.8 Å². The van der Waals surface area contributed by atoms with Gasteiger partial charge in [0, 0.05) is 32.4 Å². The number of urea groups is 2. The molecule has 6 heterocycles. The number of hydrogen-bond acceptors (Lipinski definition) is 17. The third-order valence-electron chi connectivity index (χ3n) is 11.0. The van der Waals surface area contributed by atoms with Gasteiger partial charge in [0.2, 0.25) is 21.6 Å². The number of hydrogen-bond donors (Lipinski definition) is 4. The number of alkyl halides is 6. The number of methoxy groups -OCH3 is 2. The molecule has 4 aromatic heterocycles. The summed E-state index contributed by atoms with van der Waals surface area (Å²) in [5.41, 5.74) is -3.65. The van der Waals surface area contributed by atoms with Gasteiger partial charge in [-0.2, -0.15) is 36.3 Å². The quantitative estimate of drug-likeness (QED) is 0.0661. The van der Waals surface area contributed by atoms with Crippen LogP contribution < -0.4 is 20.1 Å². The summed E-state index contributed by atoms with van der Waals surface area (Å²) in [5, 5.41) is 27.8. The number of fused-ring (bicyclic) bond motifs is 2. The van der Waals surface area contributed by atoms with E-state index in [-0.39, 0.29) is 84.3 Å². The smallest absolute Gasteiger partial charge is 0.416 e. The number of carbonyl (C=O) groups is 2. The summed E-state index contributed by atoms with van der Waals surface area (Å²) < 4.78 is 112. The minimum Gasteiger partial charge on any atom is -0.479 e. The van der Waals surface area contributed by atoms with Gasteiger partial charge in [-0.15, -0.1) is 0 Å². The fourth-order valence-electron chi connectivity index (χ4n) is 7.25. The van der Waals surface area contributed by atoms with Gasteiger partial charge in [0.25, 0.3) is 5.16 Å². The normalized spacial score (nSPS) is 16.2. The maximum absolute atomic E-state index is 13.0. The van der Waals surface area contributed by atoms with E-state index in [4.69, 9.17) is 9.47 Å². The van der Waals surface area contributed by atoms with Crippen LogP contribution in [0.15, 0.2) is 58.8 Å². The van der Waals surface area contributed by atoms with Gasteiger partial charge in [0.1, 0.15) is 0 Å². The predicted molar refractivity (Wildman–Crippen MR) is 239 cm³/mol. The Morgan fingerprint density at radius 1 is 0.691 bits per heavy atom. The van der Waals surface area contributed by atoms with Crippen LogP contribution in [-0.4, -0.2) is 123 Å². The second-order valence-electron chi connectivity index (χ2n) is 15.4. The molecule has 6 aromatic rings. The van der Waals surface area contributed by atoms with Crippen molar-refractivity contribution in [3.05, 3.63) is 70.8 Å². The van der Waals surface area contributed by atoms with Gasteiger partial charge >= 0.3 is 24.4 Å². The highest BCUT2D eigenvalue weighted by molar-refractivity contribution is 7.98. The lowest BCUT2D eigenvalue weighted by molar-refractivity contribution is -0.138. The molecule has 2 aromatic carbocycles. The molecular formula is C40H40F6N10O8S4. The van der Waals surface area contributed by atoms with Gasteiger partial charge in [-0.1, -0.05) is 58.7 Å². The molecule has 2 fully saturated rings. The summed E-state index contributed by atoms with van der Waals surface area (Å²) in [4.78, 5) is 54.1. The van der Waals surface area contributed by atoms with Crippen molar-refractivity contribution in [2.45, 2.75) is 59.6 Å². The van der Waals surface area contributed by atoms with Gasteiger partial charge in [0.15, 0.2) is 36.1 Å². The highest BCUT2D eigenvalue weighted by Crippen LogP contribution is 2.40. The minimum absolute atomic E-state index is 0.0403. The number of amides is 4. The average molecular weight is 1030 g/mol. The zero-order valence-corrected chi connectivity index (χ0v) is 39.4. The molecule has 4 N–H and O–H groups in total. The number of halogens is 6. The molecule has 0 bridgehead atoms. The third-order valence-corrected chi connectivity index (χ3v) is 14.1. The number of sulfone groups is 1. The number of rotatable bonds is 8. The van der Waals surface area contributed by atoms with Crippen molar-refractivity contribution < 1.29 is 64.0 Å². The number of ether oxygens (including phenoxy) is 2. The maximum atomic E-state index is 13.0. The molecule has 4 amide bonds. The number of piperidine rings is 2. The molecule has 18 nitrogen and oxygen atoms in total. The second kappa shape index (κ2) is 19.4. The minimum atomic E-state index is -4.53. The molecule has 8 rings (SSSR count). The number of aliphatic hydroxyl groups is 2. The van der Waals surface area contributed by atoms with Crippen molar-refractivity contribution in [1.29, 1.82) is 0 Å². The molecule has 0 spiro atoms. The molecule has 68 heavy (non-hydrogen) atoms. The van der Waals surface area contributed by atoms with E-state index in [0.717, 1.165) is 41.9 Å². The standard InChI is InChI=1S/C20H20F3N5O5S2.C20H20F3N5O3S2/c1-33-14-13-15(26-17(25-14)35(2,31)32)34-16(24-13)27-18(29)28-8-6-19(30,7-9-28)11-4-3-5-12(10-11)20(21,22)23;1-31-14-13-15(26-16(25-14)32-2)33-17(24-13)27-18(29)28-8-6-19(30,7-9-28)11-4-3-5-12(10-11)20(21,22)23/h3-5,10,30H,6-9H2,1-2H3,(H,24,27,29);3-5,10,30H,6-9H2,1-2H3,(H,24,27,29). The van der Waals surface area contributed by atoms with Crippen LogP contribution in [0.3, 0.4) is 0 Å². The van der Waals surface area contributed by atoms with Crippen LogP contribution in [0, 0.1) is 0 Å². The molecule has 0 radical (unpaired) electrons. The van der Waals surface area contributed by atoms with Crippen molar-refractivity contribution in [3.63, 3.8) is 0 Å². The van der Waals surface area contributed by atoms with E-state index in [2.05, 4.69) is 40.5 Å². The van der Waals surface area contributed by atoms with Gasteiger partial charge in [-0.05, 0) is 67.3 Å². The largest absolute Gasteiger partial charge is 0.479 e. The first-order chi connectivity index (χ1) is 31.9. The fourth-order valence-corrected chi connectivity index (χ4v) is 9.87.